The Labute approximate surface area is 56.4 Å². The van der Waals surface area contributed by atoms with Gasteiger partial charge in [0.25, 0.3) is 0 Å². The van der Waals surface area contributed by atoms with Crippen LogP contribution in [0.15, 0.2) is 11.0 Å². The normalized spacial score (nSPS) is 31.9. The first kappa shape index (κ1) is 6.68. The molecule has 1 rings (SSSR count). The Kier molecular flexibility index (Phi) is 1.81. The fraction of sp³-hybridized carbons (Fsp3) is 0.500. The molecule has 3 heteroatoms. The van der Waals surface area contributed by atoms with Crippen LogP contribution >= 0.6 is 0 Å². The molecule has 0 radical (unpaired) electrons. The predicted molar refractivity (Wildman–Crippen MR) is 36.4 cm³/mol. The van der Waals surface area contributed by atoms with Gasteiger partial charge in [-0.3, -0.25) is 9.00 Å². The van der Waals surface area contributed by atoms with Crippen molar-refractivity contribution in [1.29, 1.82) is 0 Å². The summed E-state index contributed by atoms with van der Waals surface area (Å²) in [4.78, 5) is 11.3. The Balaban J connectivity index is 2.91. The highest BCUT2D eigenvalue weighted by Crippen LogP contribution is 2.15. The largest absolute Gasteiger partial charge is 0.293 e. The van der Waals surface area contributed by atoms with Crippen LogP contribution in [0, 0.1) is 0 Å². The first-order chi connectivity index (χ1) is 4.25. The lowest BCUT2D eigenvalue weighted by Gasteiger charge is -1.86. The number of ketones is 1. The average Bonchev–Trinajstić information content (AvgIpc) is 2.12. The molecule has 0 amide bonds. The van der Waals surface area contributed by atoms with Gasteiger partial charge >= 0.3 is 0 Å². The molecule has 0 aliphatic carbocycles. The average molecular weight is 144 g/mol. The molecule has 0 aromatic carbocycles. The Morgan fingerprint density at radius 1 is 1.67 bits per heavy atom. The van der Waals surface area contributed by atoms with E-state index < -0.39 is 10.8 Å². The summed E-state index contributed by atoms with van der Waals surface area (Å²) in [7, 11) is -0.979. The van der Waals surface area contributed by atoms with Crippen molar-refractivity contribution in [2.75, 3.05) is 5.75 Å². The molecule has 1 aliphatic heterocycles. The van der Waals surface area contributed by atoms with Crippen LogP contribution in [0.2, 0.25) is 0 Å². The van der Waals surface area contributed by atoms with E-state index in [4.69, 9.17) is 0 Å². The smallest absolute Gasteiger partial charge is 0.172 e. The van der Waals surface area contributed by atoms with Crippen molar-refractivity contribution in [3.8, 4) is 0 Å². The monoisotopic (exact) mass is 144 g/mol. The number of carbonyl (C=O) groups excluding carboxylic acids is 1. The lowest BCUT2D eigenvalue weighted by atomic mass is 10.3. The van der Waals surface area contributed by atoms with Crippen LogP contribution in [-0.4, -0.2) is 15.7 Å². The van der Waals surface area contributed by atoms with Crippen molar-refractivity contribution >= 4 is 16.6 Å². The molecule has 0 spiro atoms. The van der Waals surface area contributed by atoms with E-state index in [1.807, 2.05) is 0 Å². The minimum atomic E-state index is -0.979. The minimum Gasteiger partial charge on any atom is -0.293 e. The van der Waals surface area contributed by atoms with Crippen LogP contribution in [-0.2, 0) is 15.6 Å². The van der Waals surface area contributed by atoms with Gasteiger partial charge in [0.2, 0.25) is 0 Å². The van der Waals surface area contributed by atoms with Gasteiger partial charge < -0.3 is 0 Å². The predicted octanol–water partition coefficient (Wildman–Crippen LogP) is 0.612. The number of rotatable bonds is 0. The summed E-state index contributed by atoms with van der Waals surface area (Å²) in [5, 5.41) is 0. The van der Waals surface area contributed by atoms with Crippen LogP contribution in [0.25, 0.3) is 0 Å². The molecule has 0 aromatic rings. The summed E-state index contributed by atoms with van der Waals surface area (Å²) in [5.74, 6) is 0.578. The molecule has 0 bridgehead atoms. The maximum Gasteiger partial charge on any atom is 0.172 e. The highest BCUT2D eigenvalue weighted by atomic mass is 32.2. The van der Waals surface area contributed by atoms with Gasteiger partial charge in [0.15, 0.2) is 5.78 Å². The summed E-state index contributed by atoms with van der Waals surface area (Å²) in [6, 6.07) is 0. The molecule has 2 nitrogen and oxygen atoms in total. The van der Waals surface area contributed by atoms with E-state index >= 15 is 0 Å². The SMILES string of the molecule is C/C=C1/C(=O)CCS1=O. The molecule has 50 valence electrons. The summed E-state index contributed by atoms with van der Waals surface area (Å²) >= 11 is 0. The third-order valence-corrected chi connectivity index (χ3v) is 2.83. The molecule has 0 saturated carbocycles. The standard InChI is InChI=1S/C6H8O2S/c1-2-6-5(7)3-4-9(6)8/h2H,3-4H2,1H3/b6-2-. The van der Waals surface area contributed by atoms with E-state index in [2.05, 4.69) is 0 Å². The number of hydrogen-bond donors (Lipinski definition) is 0. The van der Waals surface area contributed by atoms with Gasteiger partial charge in [0.05, 0.1) is 15.7 Å². The Bertz CT molecular complexity index is 175. The number of Topliss-reactive ketones (excluding diaryl/α,β-unsaturated/α-hetero) is 1. The maximum absolute atomic E-state index is 10.8. The topological polar surface area (TPSA) is 34.1 Å². The zero-order valence-electron chi connectivity index (χ0n) is 5.22. The lowest BCUT2D eigenvalue weighted by Crippen LogP contribution is -1.93. The second-order valence-corrected chi connectivity index (χ2v) is 3.41. The van der Waals surface area contributed by atoms with E-state index in [-0.39, 0.29) is 5.78 Å². The summed E-state index contributed by atoms with van der Waals surface area (Å²) < 4.78 is 10.8. The fourth-order valence-corrected chi connectivity index (χ4v) is 2.05. The second kappa shape index (κ2) is 2.43. The molecule has 9 heavy (non-hydrogen) atoms. The van der Waals surface area contributed by atoms with E-state index in [1.54, 1.807) is 13.0 Å². The molecule has 0 aromatic heterocycles. The molecular formula is C6H8O2S. The van der Waals surface area contributed by atoms with Crippen LogP contribution in [0.4, 0.5) is 0 Å². The van der Waals surface area contributed by atoms with Gasteiger partial charge in [-0.25, -0.2) is 0 Å². The summed E-state index contributed by atoms with van der Waals surface area (Å²) in [6.07, 6.45) is 2.11. The highest BCUT2D eigenvalue weighted by molar-refractivity contribution is 7.90. The Morgan fingerprint density at radius 2 is 2.33 bits per heavy atom. The van der Waals surface area contributed by atoms with Crippen molar-refractivity contribution in [1.82, 2.24) is 0 Å². The first-order valence-electron chi connectivity index (χ1n) is 2.83. The third kappa shape index (κ3) is 1.10. The highest BCUT2D eigenvalue weighted by Gasteiger charge is 2.23. The molecule has 1 unspecified atom stereocenters. The van der Waals surface area contributed by atoms with E-state index in [0.717, 1.165) is 0 Å². The number of carbonyl (C=O) groups is 1. The minimum absolute atomic E-state index is 0.0517. The molecular weight excluding hydrogens is 136 g/mol. The zero-order valence-corrected chi connectivity index (χ0v) is 6.03. The van der Waals surface area contributed by atoms with E-state index in [9.17, 15) is 9.00 Å². The lowest BCUT2D eigenvalue weighted by molar-refractivity contribution is -0.114. The van der Waals surface area contributed by atoms with Gasteiger partial charge in [-0.05, 0) is 6.92 Å². The first-order valence-corrected chi connectivity index (χ1v) is 4.15. The Morgan fingerprint density at radius 3 is 2.56 bits per heavy atom. The van der Waals surface area contributed by atoms with Crippen LogP contribution < -0.4 is 0 Å². The van der Waals surface area contributed by atoms with Gasteiger partial charge in [-0.15, -0.1) is 0 Å². The van der Waals surface area contributed by atoms with Crippen LogP contribution in [0.3, 0.4) is 0 Å². The molecule has 1 fully saturated rings. The van der Waals surface area contributed by atoms with Crippen molar-refractivity contribution in [2.45, 2.75) is 13.3 Å². The van der Waals surface area contributed by atoms with E-state index in [0.29, 0.717) is 17.1 Å². The van der Waals surface area contributed by atoms with Gasteiger partial charge in [0, 0.05) is 12.2 Å². The van der Waals surface area contributed by atoms with Crippen molar-refractivity contribution in [3.63, 3.8) is 0 Å². The van der Waals surface area contributed by atoms with Crippen molar-refractivity contribution < 1.29 is 9.00 Å². The number of hydrogen-bond acceptors (Lipinski definition) is 2. The number of allylic oxidation sites excluding steroid dienone is 2. The molecule has 1 saturated heterocycles. The summed E-state index contributed by atoms with van der Waals surface area (Å²) in [5.41, 5.74) is 0. The molecule has 0 N–H and O–H groups in total. The third-order valence-electron chi connectivity index (χ3n) is 1.30. The Hall–Kier alpha value is -0.440. The van der Waals surface area contributed by atoms with Gasteiger partial charge in [-0.1, -0.05) is 6.08 Å². The second-order valence-electron chi connectivity index (χ2n) is 1.88. The summed E-state index contributed by atoms with van der Waals surface area (Å²) in [6.45, 7) is 1.75. The van der Waals surface area contributed by atoms with Crippen molar-refractivity contribution in [3.05, 3.63) is 11.0 Å². The maximum atomic E-state index is 10.8. The molecule has 1 atom stereocenters. The van der Waals surface area contributed by atoms with Crippen LogP contribution in [0.1, 0.15) is 13.3 Å². The quantitative estimate of drug-likeness (QED) is 0.467. The van der Waals surface area contributed by atoms with E-state index in [1.165, 1.54) is 0 Å². The zero-order chi connectivity index (χ0) is 6.85. The fourth-order valence-electron chi connectivity index (χ4n) is 0.838. The van der Waals surface area contributed by atoms with Gasteiger partial charge in [-0.2, -0.15) is 0 Å². The molecule has 1 heterocycles. The van der Waals surface area contributed by atoms with Crippen molar-refractivity contribution in [2.24, 2.45) is 0 Å². The van der Waals surface area contributed by atoms with Gasteiger partial charge in [0.1, 0.15) is 0 Å². The molecule has 1 aliphatic rings. The van der Waals surface area contributed by atoms with Crippen LogP contribution in [0.5, 0.6) is 0 Å².